The molecule has 1 aliphatic heterocycles. The van der Waals surface area contributed by atoms with Gasteiger partial charge in [-0.15, -0.1) is 0 Å². The summed E-state index contributed by atoms with van der Waals surface area (Å²) in [5.74, 6) is 0.151. The van der Waals surface area contributed by atoms with Gasteiger partial charge in [-0.05, 0) is 36.2 Å². The molecule has 0 spiro atoms. The van der Waals surface area contributed by atoms with Gasteiger partial charge in [0.15, 0.2) is 0 Å². The molecule has 2 N–H and O–H groups in total. The van der Waals surface area contributed by atoms with Crippen LogP contribution in [0.4, 0.5) is 5.69 Å². The molecule has 1 aliphatic rings. The summed E-state index contributed by atoms with van der Waals surface area (Å²) in [5, 5.41) is 15.0. The largest absolute Gasteiger partial charge is 0.508 e. The minimum absolute atomic E-state index is 0.151. The van der Waals surface area contributed by atoms with Crippen molar-refractivity contribution in [2.45, 2.75) is 13.0 Å². The normalized spacial score (nSPS) is 14.4. The summed E-state index contributed by atoms with van der Waals surface area (Å²) >= 11 is 0. The molecule has 6 rings (SSSR count). The van der Waals surface area contributed by atoms with E-state index in [1.807, 2.05) is 73.7 Å². The summed E-state index contributed by atoms with van der Waals surface area (Å²) in [7, 11) is 3.19. The fourth-order valence-corrected chi connectivity index (χ4v) is 5.22. The quantitative estimate of drug-likeness (QED) is 0.410. The first kappa shape index (κ1) is 21.0. The molecule has 3 heterocycles. The maximum absolute atomic E-state index is 13.6. The predicted octanol–water partition coefficient (Wildman–Crippen LogP) is 4.22. The van der Waals surface area contributed by atoms with Crippen molar-refractivity contribution in [2.75, 3.05) is 5.32 Å². The van der Waals surface area contributed by atoms with Gasteiger partial charge in [0.05, 0.1) is 39.7 Å². The standard InChI is InChI=1S/C28H24N4O3/c1-16-13-14-18(21(33)15-16)23-26-25-22(27(34)31(3)28(35)30(25)2)24(17-9-5-4-6-10-17)32(26)20-12-8-7-11-19(20)29-23/h4-15,23,29,33H,1-3H3. The number of phenolic OH excluding ortho intramolecular Hbond substituents is 1. The molecule has 1 unspecified atom stereocenters. The summed E-state index contributed by atoms with van der Waals surface area (Å²) in [5.41, 5.74) is 5.44. The smallest absolute Gasteiger partial charge is 0.331 e. The third kappa shape index (κ3) is 2.91. The van der Waals surface area contributed by atoms with Crippen molar-refractivity contribution >= 4 is 16.6 Å². The summed E-state index contributed by atoms with van der Waals surface area (Å²) in [6.45, 7) is 1.92. The number of phenols is 1. The van der Waals surface area contributed by atoms with Gasteiger partial charge in [-0.25, -0.2) is 4.79 Å². The minimum atomic E-state index is -0.497. The van der Waals surface area contributed by atoms with E-state index in [-0.39, 0.29) is 11.3 Å². The lowest BCUT2D eigenvalue weighted by Gasteiger charge is -2.31. The monoisotopic (exact) mass is 464 g/mol. The Hall–Kier alpha value is -4.52. The molecular weight excluding hydrogens is 440 g/mol. The van der Waals surface area contributed by atoms with E-state index >= 15 is 0 Å². The zero-order chi connectivity index (χ0) is 24.4. The highest BCUT2D eigenvalue weighted by Crippen LogP contribution is 2.46. The molecule has 7 nitrogen and oxygen atoms in total. The average molecular weight is 465 g/mol. The lowest BCUT2D eigenvalue weighted by molar-refractivity contribution is 0.465. The Morgan fingerprint density at radius 2 is 1.60 bits per heavy atom. The third-order valence-electron chi connectivity index (χ3n) is 6.87. The molecule has 2 aromatic heterocycles. The Labute approximate surface area is 201 Å². The summed E-state index contributed by atoms with van der Waals surface area (Å²) in [6, 6.07) is 22.7. The molecule has 7 heteroatoms. The Balaban J connectivity index is 1.87. The molecule has 0 saturated heterocycles. The second-order valence-electron chi connectivity index (χ2n) is 9.02. The van der Waals surface area contributed by atoms with Gasteiger partial charge in [0.1, 0.15) is 5.75 Å². The van der Waals surface area contributed by atoms with E-state index < -0.39 is 11.7 Å². The maximum Gasteiger partial charge on any atom is 0.331 e. The van der Waals surface area contributed by atoms with E-state index in [0.29, 0.717) is 16.5 Å². The molecule has 0 aliphatic carbocycles. The second-order valence-corrected chi connectivity index (χ2v) is 9.02. The molecule has 1 atom stereocenters. The van der Waals surface area contributed by atoms with Crippen LogP contribution in [0.2, 0.25) is 0 Å². The lowest BCUT2D eigenvalue weighted by Crippen LogP contribution is -2.37. The van der Waals surface area contributed by atoms with E-state index in [4.69, 9.17) is 0 Å². The highest BCUT2D eigenvalue weighted by atomic mass is 16.3. The van der Waals surface area contributed by atoms with Gasteiger partial charge < -0.3 is 15.0 Å². The number of hydrogen-bond donors (Lipinski definition) is 2. The summed E-state index contributed by atoms with van der Waals surface area (Å²) in [6.07, 6.45) is 0. The SMILES string of the molecule is Cc1ccc(C2Nc3ccccc3-n3c(-c4ccccc4)c4c(=O)n(C)c(=O)n(C)c4c32)c(O)c1. The van der Waals surface area contributed by atoms with E-state index in [9.17, 15) is 14.7 Å². The molecule has 174 valence electrons. The molecule has 5 aromatic rings. The number of fused-ring (bicyclic) bond motifs is 5. The van der Waals surface area contributed by atoms with Crippen LogP contribution in [0.3, 0.4) is 0 Å². The first-order valence-electron chi connectivity index (χ1n) is 11.4. The van der Waals surface area contributed by atoms with Crippen LogP contribution < -0.4 is 16.6 Å². The van der Waals surface area contributed by atoms with Crippen LogP contribution in [0.1, 0.15) is 22.9 Å². The van der Waals surface area contributed by atoms with Gasteiger partial charge in [-0.1, -0.05) is 54.6 Å². The number of hydrogen-bond acceptors (Lipinski definition) is 4. The van der Waals surface area contributed by atoms with Crippen LogP contribution in [-0.4, -0.2) is 18.8 Å². The number of aryl methyl sites for hydroxylation is 2. The molecule has 3 aromatic carbocycles. The number of benzene rings is 3. The zero-order valence-electron chi connectivity index (χ0n) is 19.6. The highest BCUT2D eigenvalue weighted by Gasteiger charge is 2.35. The van der Waals surface area contributed by atoms with Crippen molar-refractivity contribution < 1.29 is 5.11 Å². The van der Waals surface area contributed by atoms with Crippen molar-refractivity contribution in [1.82, 2.24) is 13.7 Å². The number of nitrogens with zero attached hydrogens (tertiary/aromatic N) is 3. The minimum Gasteiger partial charge on any atom is -0.508 e. The number of aromatic nitrogens is 3. The van der Waals surface area contributed by atoms with E-state index in [2.05, 4.69) is 9.88 Å². The Bertz CT molecular complexity index is 1760. The molecule has 35 heavy (non-hydrogen) atoms. The molecule has 0 fully saturated rings. The molecule has 0 bridgehead atoms. The Morgan fingerprint density at radius 1 is 0.886 bits per heavy atom. The lowest BCUT2D eigenvalue weighted by atomic mass is 9.97. The van der Waals surface area contributed by atoms with Crippen LogP contribution in [-0.2, 0) is 14.1 Å². The van der Waals surface area contributed by atoms with E-state index in [1.165, 1.54) is 11.6 Å². The van der Waals surface area contributed by atoms with Crippen molar-refractivity contribution in [2.24, 2.45) is 14.1 Å². The van der Waals surface area contributed by atoms with Crippen LogP contribution >= 0.6 is 0 Å². The fraction of sp³-hybridized carbons (Fsp3) is 0.143. The van der Waals surface area contributed by atoms with E-state index in [0.717, 1.165) is 38.5 Å². The van der Waals surface area contributed by atoms with Gasteiger partial charge in [-0.3, -0.25) is 13.9 Å². The first-order valence-corrected chi connectivity index (χ1v) is 11.4. The maximum atomic E-state index is 13.6. The molecule has 0 saturated carbocycles. The average Bonchev–Trinajstić information content (AvgIpc) is 3.23. The number of para-hydroxylation sites is 2. The van der Waals surface area contributed by atoms with Crippen LogP contribution in [0, 0.1) is 6.92 Å². The van der Waals surface area contributed by atoms with Gasteiger partial charge in [-0.2, -0.15) is 0 Å². The fourth-order valence-electron chi connectivity index (χ4n) is 5.22. The number of rotatable bonds is 2. The van der Waals surface area contributed by atoms with E-state index in [1.54, 1.807) is 13.1 Å². The zero-order valence-corrected chi connectivity index (χ0v) is 19.6. The molecule has 0 radical (unpaired) electrons. The van der Waals surface area contributed by atoms with Crippen LogP contribution in [0.25, 0.3) is 27.8 Å². The van der Waals surface area contributed by atoms with Crippen LogP contribution in [0.15, 0.2) is 82.4 Å². The van der Waals surface area contributed by atoms with Gasteiger partial charge in [0.25, 0.3) is 5.56 Å². The Kier molecular flexibility index (Phi) is 4.51. The summed E-state index contributed by atoms with van der Waals surface area (Å²) in [4.78, 5) is 26.7. The first-order chi connectivity index (χ1) is 16.9. The number of aromatic hydroxyl groups is 1. The third-order valence-corrected chi connectivity index (χ3v) is 6.87. The Morgan fingerprint density at radius 3 is 2.34 bits per heavy atom. The van der Waals surface area contributed by atoms with Crippen molar-refractivity contribution in [3.8, 4) is 22.7 Å². The molecular formula is C28H24N4O3. The van der Waals surface area contributed by atoms with Gasteiger partial charge in [0, 0.05) is 19.7 Å². The van der Waals surface area contributed by atoms with Gasteiger partial charge >= 0.3 is 5.69 Å². The van der Waals surface area contributed by atoms with Crippen molar-refractivity contribution in [3.05, 3.63) is 110 Å². The number of anilines is 1. The topological polar surface area (TPSA) is 81.2 Å². The number of nitrogens with one attached hydrogen (secondary N) is 1. The highest BCUT2D eigenvalue weighted by molar-refractivity contribution is 5.99. The van der Waals surface area contributed by atoms with Crippen molar-refractivity contribution in [1.29, 1.82) is 0 Å². The summed E-state index contributed by atoms with van der Waals surface area (Å²) < 4.78 is 4.75. The molecule has 0 amide bonds. The van der Waals surface area contributed by atoms with Crippen LogP contribution in [0.5, 0.6) is 5.75 Å². The predicted molar refractivity (Wildman–Crippen MR) is 138 cm³/mol. The second kappa shape index (κ2) is 7.50. The van der Waals surface area contributed by atoms with Gasteiger partial charge in [0.2, 0.25) is 0 Å². The van der Waals surface area contributed by atoms with Crippen molar-refractivity contribution in [3.63, 3.8) is 0 Å².